The van der Waals surface area contributed by atoms with Gasteiger partial charge in [-0.3, -0.25) is 4.90 Å². The maximum Gasteiger partial charge on any atom is 0.137 e. The van der Waals surface area contributed by atoms with Gasteiger partial charge in [-0.25, -0.2) is 4.98 Å². The van der Waals surface area contributed by atoms with E-state index >= 15 is 0 Å². The maximum atomic E-state index is 4.70. The van der Waals surface area contributed by atoms with E-state index in [1.807, 2.05) is 12.1 Å². The van der Waals surface area contributed by atoms with E-state index in [0.29, 0.717) is 12.1 Å². The summed E-state index contributed by atoms with van der Waals surface area (Å²) < 4.78 is 2.11. The van der Waals surface area contributed by atoms with Crippen molar-refractivity contribution in [1.82, 2.24) is 14.3 Å². The molecule has 2 unspecified atom stereocenters. The van der Waals surface area contributed by atoms with Crippen molar-refractivity contribution >= 4 is 5.65 Å². The average Bonchev–Trinajstić information content (AvgIpc) is 2.76. The highest BCUT2D eigenvalue weighted by Gasteiger charge is 2.25. The number of piperidine rings is 1. The highest BCUT2D eigenvalue weighted by atomic mass is 79.9. The molecule has 4 heteroatoms. The Morgan fingerprint density at radius 1 is 1.21 bits per heavy atom. The molecule has 0 spiro atoms. The Morgan fingerprint density at radius 3 is 2.63 bits per heavy atom. The van der Waals surface area contributed by atoms with Gasteiger partial charge in [-0.2, -0.15) is 0 Å². The van der Waals surface area contributed by atoms with Crippen molar-refractivity contribution in [2.45, 2.75) is 51.7 Å². The first-order chi connectivity index (χ1) is 8.74. The maximum absolute atomic E-state index is 4.70. The second kappa shape index (κ2) is 6.06. The molecule has 1 aliphatic heterocycles. The zero-order valence-corrected chi connectivity index (χ0v) is 13.2. The normalized spacial score (nSPS) is 24.3. The highest BCUT2D eigenvalue weighted by Crippen LogP contribution is 2.24. The van der Waals surface area contributed by atoms with Crippen LogP contribution < -0.4 is 17.0 Å². The van der Waals surface area contributed by atoms with Crippen LogP contribution in [0.5, 0.6) is 0 Å². The Hall–Kier alpha value is -0.870. The average molecular weight is 323 g/mol. The van der Waals surface area contributed by atoms with E-state index in [2.05, 4.69) is 41.6 Å². The first-order valence-corrected chi connectivity index (χ1v) is 6.92. The number of aromatic nitrogens is 2. The Balaban J connectivity index is 0.00000133. The SMILES string of the molecule is CC1CCCC(C)N1Cc1cn2ccccc2n1.[Br-]. The van der Waals surface area contributed by atoms with Crippen LogP contribution in [0.2, 0.25) is 0 Å². The third-order valence-corrected chi connectivity index (χ3v) is 4.13. The number of nitrogens with zero attached hydrogens (tertiary/aromatic N) is 3. The lowest BCUT2D eigenvalue weighted by molar-refractivity contribution is -0.00000435. The Morgan fingerprint density at radius 2 is 1.95 bits per heavy atom. The molecule has 1 aliphatic rings. The van der Waals surface area contributed by atoms with Gasteiger partial charge < -0.3 is 21.4 Å². The number of hydrogen-bond acceptors (Lipinski definition) is 2. The molecule has 0 aromatic carbocycles. The van der Waals surface area contributed by atoms with Crippen LogP contribution in [0.3, 0.4) is 0 Å². The molecule has 2 aromatic rings. The van der Waals surface area contributed by atoms with Crippen LogP contribution in [0.1, 0.15) is 38.8 Å². The summed E-state index contributed by atoms with van der Waals surface area (Å²) in [6.07, 6.45) is 8.22. The summed E-state index contributed by atoms with van der Waals surface area (Å²) in [4.78, 5) is 7.29. The molecule has 0 aliphatic carbocycles. The molecule has 19 heavy (non-hydrogen) atoms. The van der Waals surface area contributed by atoms with E-state index in [-0.39, 0.29) is 17.0 Å². The summed E-state index contributed by atoms with van der Waals surface area (Å²) in [6, 6.07) is 7.51. The summed E-state index contributed by atoms with van der Waals surface area (Å²) in [7, 11) is 0. The second-order valence-corrected chi connectivity index (χ2v) is 5.50. The molecule has 0 radical (unpaired) electrons. The molecule has 1 fully saturated rings. The molecule has 0 bridgehead atoms. The fourth-order valence-corrected chi connectivity index (χ4v) is 3.04. The minimum atomic E-state index is 0. The van der Waals surface area contributed by atoms with Gasteiger partial charge in [0.25, 0.3) is 0 Å². The van der Waals surface area contributed by atoms with Crippen molar-refractivity contribution in [3.8, 4) is 0 Å². The molecule has 1 saturated heterocycles. The lowest BCUT2D eigenvalue weighted by atomic mass is 9.97. The molecule has 2 atom stereocenters. The van der Waals surface area contributed by atoms with Crippen molar-refractivity contribution in [1.29, 1.82) is 0 Å². The number of imidazole rings is 1. The lowest BCUT2D eigenvalue weighted by Crippen LogP contribution is -3.00. The molecule has 0 N–H and O–H groups in total. The zero-order valence-electron chi connectivity index (χ0n) is 11.6. The molecule has 3 rings (SSSR count). The van der Waals surface area contributed by atoms with Crippen molar-refractivity contribution in [3.63, 3.8) is 0 Å². The summed E-state index contributed by atoms with van der Waals surface area (Å²) >= 11 is 0. The van der Waals surface area contributed by atoms with Crippen molar-refractivity contribution < 1.29 is 17.0 Å². The molecule has 104 valence electrons. The number of halogens is 1. The number of hydrogen-bond donors (Lipinski definition) is 0. The first kappa shape index (κ1) is 14.5. The van der Waals surface area contributed by atoms with Gasteiger partial charge in [-0.05, 0) is 38.8 Å². The van der Waals surface area contributed by atoms with Crippen molar-refractivity contribution in [2.24, 2.45) is 0 Å². The summed E-state index contributed by atoms with van der Waals surface area (Å²) in [5, 5.41) is 0. The van der Waals surface area contributed by atoms with Crippen LogP contribution in [-0.4, -0.2) is 26.4 Å². The van der Waals surface area contributed by atoms with Crippen molar-refractivity contribution in [2.75, 3.05) is 0 Å². The predicted molar refractivity (Wildman–Crippen MR) is 73.5 cm³/mol. The number of pyridine rings is 1. The van der Waals surface area contributed by atoms with Gasteiger partial charge in [0.2, 0.25) is 0 Å². The Labute approximate surface area is 125 Å². The van der Waals surface area contributed by atoms with E-state index in [9.17, 15) is 0 Å². The molecular weight excluding hydrogens is 302 g/mol. The Kier molecular flexibility index (Phi) is 4.63. The van der Waals surface area contributed by atoms with Crippen LogP contribution >= 0.6 is 0 Å². The van der Waals surface area contributed by atoms with Crippen LogP contribution in [0.15, 0.2) is 30.6 Å². The molecule has 0 saturated carbocycles. The fraction of sp³-hybridized carbons (Fsp3) is 0.533. The Bertz CT molecular complexity index is 494. The summed E-state index contributed by atoms with van der Waals surface area (Å²) in [6.45, 7) is 5.65. The number of fused-ring (bicyclic) bond motifs is 1. The van der Waals surface area contributed by atoms with Crippen LogP contribution in [0.4, 0.5) is 0 Å². The smallest absolute Gasteiger partial charge is 0.137 e. The van der Waals surface area contributed by atoms with Gasteiger partial charge in [0.1, 0.15) is 5.65 Å². The van der Waals surface area contributed by atoms with Gasteiger partial charge in [0, 0.05) is 31.0 Å². The largest absolute Gasteiger partial charge is 1.00 e. The standard InChI is InChI=1S/C15H21N3.BrH/c1-12-6-5-7-13(2)18(12)11-14-10-17-9-4-3-8-15(17)16-14;/h3-4,8-10,12-13H,5-7,11H2,1-2H3;1H/p-1. The minimum absolute atomic E-state index is 0. The van der Waals surface area contributed by atoms with Gasteiger partial charge >= 0.3 is 0 Å². The second-order valence-electron chi connectivity index (χ2n) is 5.50. The van der Waals surface area contributed by atoms with E-state index in [4.69, 9.17) is 4.98 Å². The topological polar surface area (TPSA) is 20.5 Å². The van der Waals surface area contributed by atoms with Crippen molar-refractivity contribution in [3.05, 3.63) is 36.3 Å². The quantitative estimate of drug-likeness (QED) is 0.782. The van der Waals surface area contributed by atoms with Gasteiger partial charge in [-0.1, -0.05) is 12.5 Å². The monoisotopic (exact) mass is 322 g/mol. The fourth-order valence-electron chi connectivity index (χ4n) is 3.04. The van der Waals surface area contributed by atoms with Gasteiger partial charge in [0.05, 0.1) is 5.69 Å². The van der Waals surface area contributed by atoms with Gasteiger partial charge in [0.15, 0.2) is 0 Å². The molecule has 0 amide bonds. The minimum Gasteiger partial charge on any atom is -1.00 e. The highest BCUT2D eigenvalue weighted by molar-refractivity contribution is 5.39. The van der Waals surface area contributed by atoms with Crippen LogP contribution in [0.25, 0.3) is 5.65 Å². The predicted octanol–water partition coefficient (Wildman–Crippen LogP) is 0.101. The third kappa shape index (κ3) is 3.00. The summed E-state index contributed by atoms with van der Waals surface area (Å²) in [5.74, 6) is 0. The number of rotatable bonds is 2. The molecule has 2 aromatic heterocycles. The zero-order chi connectivity index (χ0) is 12.5. The molecular formula is C15H21BrN3-. The van der Waals surface area contributed by atoms with E-state index in [1.54, 1.807) is 0 Å². The molecule has 3 heterocycles. The van der Waals surface area contributed by atoms with Gasteiger partial charge in [-0.15, -0.1) is 0 Å². The first-order valence-electron chi connectivity index (χ1n) is 6.92. The lowest BCUT2D eigenvalue weighted by Gasteiger charge is -2.38. The van der Waals surface area contributed by atoms with Crippen LogP contribution in [0, 0.1) is 0 Å². The van der Waals surface area contributed by atoms with E-state index < -0.39 is 0 Å². The van der Waals surface area contributed by atoms with Crippen LogP contribution in [-0.2, 0) is 6.54 Å². The van der Waals surface area contributed by atoms with E-state index in [0.717, 1.165) is 12.2 Å². The van der Waals surface area contributed by atoms with E-state index in [1.165, 1.54) is 25.0 Å². The molecule has 3 nitrogen and oxygen atoms in total. The number of likely N-dealkylation sites (tertiary alicyclic amines) is 1. The third-order valence-electron chi connectivity index (χ3n) is 4.13. The summed E-state index contributed by atoms with van der Waals surface area (Å²) in [5.41, 5.74) is 2.23.